The Hall–Kier alpha value is -0.410. The SMILES string of the molecule is Cc1nc(N2CCOCC2)sc1C(=O)NI. The van der Waals surface area contributed by atoms with Crippen LogP contribution in [0.15, 0.2) is 0 Å². The highest BCUT2D eigenvalue weighted by Gasteiger charge is 2.19. The molecule has 2 rings (SSSR count). The first-order valence-corrected chi connectivity index (χ1v) is 6.83. The van der Waals surface area contributed by atoms with E-state index < -0.39 is 0 Å². The third-order valence-corrected chi connectivity index (χ3v) is 4.07. The van der Waals surface area contributed by atoms with Crippen LogP contribution >= 0.6 is 34.2 Å². The maximum Gasteiger partial charge on any atom is 0.271 e. The predicted octanol–water partition coefficient (Wildman–Crippen LogP) is 1.37. The summed E-state index contributed by atoms with van der Waals surface area (Å²) in [4.78, 5) is 18.8. The standard InChI is InChI=1S/C9H12IN3O2S/c1-6-7(8(14)12-10)16-9(11-6)13-2-4-15-5-3-13/h2-5H2,1H3,(H,12,14). The van der Waals surface area contributed by atoms with Gasteiger partial charge in [-0.05, 0) is 6.92 Å². The van der Waals surface area contributed by atoms with Gasteiger partial charge in [0.15, 0.2) is 5.13 Å². The van der Waals surface area contributed by atoms with Gasteiger partial charge in [0.1, 0.15) is 4.88 Å². The summed E-state index contributed by atoms with van der Waals surface area (Å²) in [5.74, 6) is -0.0740. The first kappa shape index (κ1) is 12.1. The molecule has 0 saturated carbocycles. The Morgan fingerprint density at radius 1 is 1.56 bits per heavy atom. The molecule has 0 radical (unpaired) electrons. The molecule has 1 fully saturated rings. The van der Waals surface area contributed by atoms with Crippen molar-refractivity contribution in [1.82, 2.24) is 8.51 Å². The van der Waals surface area contributed by atoms with Crippen molar-refractivity contribution in [3.63, 3.8) is 0 Å². The highest BCUT2D eigenvalue weighted by atomic mass is 127. The number of morpholine rings is 1. The Bertz CT molecular complexity index is 390. The maximum absolute atomic E-state index is 11.5. The van der Waals surface area contributed by atoms with Gasteiger partial charge in [0, 0.05) is 13.1 Å². The number of hydrogen-bond donors (Lipinski definition) is 1. The lowest BCUT2D eigenvalue weighted by Gasteiger charge is -2.25. The van der Waals surface area contributed by atoms with E-state index in [9.17, 15) is 4.79 Å². The van der Waals surface area contributed by atoms with Crippen LogP contribution in [-0.4, -0.2) is 37.2 Å². The first-order valence-electron chi connectivity index (χ1n) is 4.93. The predicted molar refractivity (Wildman–Crippen MR) is 71.4 cm³/mol. The zero-order valence-corrected chi connectivity index (χ0v) is 11.8. The van der Waals surface area contributed by atoms with Crippen LogP contribution in [0.3, 0.4) is 0 Å². The molecule has 16 heavy (non-hydrogen) atoms. The zero-order chi connectivity index (χ0) is 11.5. The summed E-state index contributed by atoms with van der Waals surface area (Å²) < 4.78 is 7.88. The number of anilines is 1. The van der Waals surface area contributed by atoms with Crippen molar-refractivity contribution in [2.75, 3.05) is 31.2 Å². The van der Waals surface area contributed by atoms with Gasteiger partial charge in [-0.15, -0.1) is 0 Å². The van der Waals surface area contributed by atoms with Crippen molar-refractivity contribution in [2.24, 2.45) is 0 Å². The molecule has 0 bridgehead atoms. The number of amides is 1. The van der Waals surface area contributed by atoms with Crippen LogP contribution in [0.2, 0.25) is 0 Å². The molecular weight excluding hydrogens is 341 g/mol. The molecule has 0 unspecified atom stereocenters. The number of carbonyl (C=O) groups excluding carboxylic acids is 1. The van der Waals surface area contributed by atoms with Gasteiger partial charge in [-0.3, -0.25) is 8.32 Å². The normalized spacial score (nSPS) is 16.2. The van der Waals surface area contributed by atoms with E-state index in [2.05, 4.69) is 13.4 Å². The van der Waals surface area contributed by atoms with Crippen LogP contribution in [0.1, 0.15) is 15.4 Å². The second-order valence-corrected chi connectivity index (χ2v) is 4.95. The second-order valence-electron chi connectivity index (χ2n) is 3.43. The quantitative estimate of drug-likeness (QED) is 0.645. The summed E-state index contributed by atoms with van der Waals surface area (Å²) in [7, 11) is 0. The number of rotatable bonds is 2. The fourth-order valence-corrected chi connectivity index (χ4v) is 2.99. The fourth-order valence-electron chi connectivity index (χ4n) is 1.53. The van der Waals surface area contributed by atoms with Gasteiger partial charge < -0.3 is 9.64 Å². The molecular formula is C9H12IN3O2S. The summed E-state index contributed by atoms with van der Waals surface area (Å²) in [6.45, 7) is 5.01. The van der Waals surface area contributed by atoms with Crippen molar-refractivity contribution < 1.29 is 9.53 Å². The van der Waals surface area contributed by atoms with Crippen molar-refractivity contribution in [3.05, 3.63) is 10.6 Å². The zero-order valence-electron chi connectivity index (χ0n) is 8.83. The van der Waals surface area contributed by atoms with Crippen LogP contribution in [0.25, 0.3) is 0 Å². The van der Waals surface area contributed by atoms with Crippen molar-refractivity contribution in [3.8, 4) is 0 Å². The molecule has 1 N–H and O–H groups in total. The van der Waals surface area contributed by atoms with E-state index in [1.54, 1.807) is 0 Å². The minimum absolute atomic E-state index is 0.0740. The number of hydrogen-bond acceptors (Lipinski definition) is 5. The molecule has 2 heterocycles. The van der Waals surface area contributed by atoms with E-state index in [0.29, 0.717) is 4.88 Å². The molecule has 1 saturated heterocycles. The van der Waals surface area contributed by atoms with Gasteiger partial charge in [0.25, 0.3) is 5.91 Å². The average Bonchev–Trinajstić information content (AvgIpc) is 2.71. The smallest absolute Gasteiger partial charge is 0.271 e. The van der Waals surface area contributed by atoms with Gasteiger partial charge in [-0.1, -0.05) is 11.3 Å². The third-order valence-electron chi connectivity index (χ3n) is 2.36. The minimum atomic E-state index is -0.0740. The molecule has 1 aromatic heterocycles. The van der Waals surface area contributed by atoms with Crippen molar-refractivity contribution in [1.29, 1.82) is 0 Å². The number of aryl methyl sites for hydroxylation is 1. The third kappa shape index (κ3) is 2.46. The lowest BCUT2D eigenvalue weighted by molar-refractivity contribution is 0.0993. The number of aromatic nitrogens is 1. The maximum atomic E-state index is 11.5. The largest absolute Gasteiger partial charge is 0.378 e. The van der Waals surface area contributed by atoms with Gasteiger partial charge >= 0.3 is 0 Å². The number of thiazole rings is 1. The first-order chi connectivity index (χ1) is 7.72. The molecule has 5 nitrogen and oxygen atoms in total. The Balaban J connectivity index is 2.19. The molecule has 1 aliphatic rings. The van der Waals surface area contributed by atoms with Gasteiger partial charge in [-0.2, -0.15) is 0 Å². The molecule has 0 aliphatic carbocycles. The minimum Gasteiger partial charge on any atom is -0.378 e. The van der Waals surface area contributed by atoms with E-state index >= 15 is 0 Å². The van der Waals surface area contributed by atoms with Crippen molar-refractivity contribution >= 4 is 45.2 Å². The van der Waals surface area contributed by atoms with Crippen LogP contribution in [-0.2, 0) is 4.74 Å². The van der Waals surface area contributed by atoms with E-state index in [0.717, 1.165) is 37.1 Å². The molecule has 0 aromatic carbocycles. The van der Waals surface area contributed by atoms with Gasteiger partial charge in [0.2, 0.25) is 0 Å². The Labute approximate surface area is 112 Å². The van der Waals surface area contributed by atoms with Crippen LogP contribution in [0.5, 0.6) is 0 Å². The van der Waals surface area contributed by atoms with E-state index in [-0.39, 0.29) is 5.91 Å². The highest BCUT2D eigenvalue weighted by Crippen LogP contribution is 2.26. The lowest BCUT2D eigenvalue weighted by Crippen LogP contribution is -2.36. The van der Waals surface area contributed by atoms with Crippen LogP contribution < -0.4 is 8.43 Å². The fraction of sp³-hybridized carbons (Fsp3) is 0.556. The molecule has 88 valence electrons. The summed E-state index contributed by atoms with van der Waals surface area (Å²) in [5.41, 5.74) is 0.792. The summed E-state index contributed by atoms with van der Waals surface area (Å²) in [5, 5.41) is 0.913. The summed E-state index contributed by atoms with van der Waals surface area (Å²) in [6, 6.07) is 0. The molecule has 0 spiro atoms. The number of nitrogens with one attached hydrogen (secondary N) is 1. The topological polar surface area (TPSA) is 54.5 Å². The Morgan fingerprint density at radius 3 is 2.88 bits per heavy atom. The number of ether oxygens (including phenoxy) is 1. The van der Waals surface area contributed by atoms with Gasteiger partial charge in [0.05, 0.1) is 41.8 Å². The Morgan fingerprint density at radius 2 is 2.25 bits per heavy atom. The van der Waals surface area contributed by atoms with E-state index in [1.807, 2.05) is 29.8 Å². The lowest BCUT2D eigenvalue weighted by atomic mass is 10.4. The monoisotopic (exact) mass is 353 g/mol. The number of nitrogens with zero attached hydrogens (tertiary/aromatic N) is 2. The summed E-state index contributed by atoms with van der Waals surface area (Å²) >= 11 is 3.28. The van der Waals surface area contributed by atoms with E-state index in [1.165, 1.54) is 11.3 Å². The summed E-state index contributed by atoms with van der Waals surface area (Å²) in [6.07, 6.45) is 0. The number of halogens is 1. The average molecular weight is 353 g/mol. The molecule has 0 atom stereocenters. The van der Waals surface area contributed by atoms with Crippen LogP contribution in [0.4, 0.5) is 5.13 Å². The van der Waals surface area contributed by atoms with Gasteiger partial charge in [-0.25, -0.2) is 4.98 Å². The van der Waals surface area contributed by atoms with Crippen LogP contribution in [0, 0.1) is 6.92 Å². The molecule has 7 heteroatoms. The number of carbonyl (C=O) groups is 1. The highest BCUT2D eigenvalue weighted by molar-refractivity contribution is 14.1. The molecule has 1 amide bonds. The van der Waals surface area contributed by atoms with Crippen molar-refractivity contribution in [2.45, 2.75) is 6.92 Å². The van der Waals surface area contributed by atoms with E-state index in [4.69, 9.17) is 4.74 Å². The molecule has 1 aromatic rings. The second kappa shape index (κ2) is 5.28. The molecule has 1 aliphatic heterocycles. The Kier molecular flexibility index (Phi) is 3.98.